The minimum atomic E-state index is -0.184. The molecular formula is C26H26N4O3. The Morgan fingerprint density at radius 2 is 1.79 bits per heavy atom. The van der Waals surface area contributed by atoms with Gasteiger partial charge >= 0.3 is 0 Å². The Bertz CT molecular complexity index is 1250. The highest BCUT2D eigenvalue weighted by atomic mass is 16.5. The van der Waals surface area contributed by atoms with Crippen molar-refractivity contribution in [1.82, 2.24) is 20.1 Å². The molecule has 2 heterocycles. The number of oxazole rings is 1. The third kappa shape index (κ3) is 5.44. The second kappa shape index (κ2) is 9.65. The summed E-state index contributed by atoms with van der Waals surface area (Å²) in [4.78, 5) is 18.1. The lowest BCUT2D eigenvalue weighted by Gasteiger charge is -2.09. The van der Waals surface area contributed by atoms with Crippen molar-refractivity contribution in [3.8, 4) is 17.0 Å². The van der Waals surface area contributed by atoms with Crippen molar-refractivity contribution >= 4 is 5.91 Å². The number of ether oxygens (including phenoxy) is 1. The quantitative estimate of drug-likeness (QED) is 0.415. The molecule has 0 bridgehead atoms. The van der Waals surface area contributed by atoms with E-state index in [0.29, 0.717) is 29.4 Å². The van der Waals surface area contributed by atoms with Crippen molar-refractivity contribution in [1.29, 1.82) is 0 Å². The van der Waals surface area contributed by atoms with Crippen LogP contribution in [0.3, 0.4) is 0 Å². The molecule has 0 unspecified atom stereocenters. The van der Waals surface area contributed by atoms with E-state index in [1.54, 1.807) is 26.2 Å². The van der Waals surface area contributed by atoms with Crippen molar-refractivity contribution < 1.29 is 13.9 Å². The third-order valence-electron chi connectivity index (χ3n) is 5.14. The van der Waals surface area contributed by atoms with E-state index in [-0.39, 0.29) is 12.5 Å². The van der Waals surface area contributed by atoms with Gasteiger partial charge in [0.1, 0.15) is 29.5 Å². The van der Waals surface area contributed by atoms with Gasteiger partial charge < -0.3 is 14.1 Å². The highest BCUT2D eigenvalue weighted by molar-refractivity contribution is 5.91. The number of hydrogen-bond donors (Lipinski definition) is 0. The molecule has 0 fully saturated rings. The van der Waals surface area contributed by atoms with Crippen LogP contribution >= 0.6 is 0 Å². The summed E-state index contributed by atoms with van der Waals surface area (Å²) in [5, 5.41) is 8.04. The first-order valence-corrected chi connectivity index (χ1v) is 10.7. The molecule has 2 aromatic carbocycles. The van der Waals surface area contributed by atoms with Gasteiger partial charge in [0.25, 0.3) is 5.91 Å². The zero-order valence-electron chi connectivity index (χ0n) is 19.2. The monoisotopic (exact) mass is 442 g/mol. The second-order valence-corrected chi connectivity index (χ2v) is 8.10. The summed E-state index contributed by atoms with van der Waals surface area (Å²) in [6.07, 6.45) is 0.656. The van der Waals surface area contributed by atoms with Gasteiger partial charge in [-0.3, -0.25) is 4.79 Å². The lowest BCUT2D eigenvalue weighted by molar-refractivity contribution is 0.0820. The van der Waals surface area contributed by atoms with Crippen molar-refractivity contribution in [2.24, 2.45) is 0 Å². The van der Waals surface area contributed by atoms with Crippen LogP contribution in [0.5, 0.6) is 5.75 Å². The SMILES string of the molecule is Cc1cccc(Cc2nc(-c3ccc(OCc4ccc(C(=O)N(C)C)nn4)cc3)c(C)o2)c1. The van der Waals surface area contributed by atoms with Crippen LogP contribution in [0.2, 0.25) is 0 Å². The van der Waals surface area contributed by atoms with Gasteiger partial charge in [-0.2, -0.15) is 5.10 Å². The van der Waals surface area contributed by atoms with Gasteiger partial charge in [0.15, 0.2) is 11.6 Å². The van der Waals surface area contributed by atoms with Crippen LogP contribution in [0.1, 0.15) is 39.0 Å². The minimum Gasteiger partial charge on any atom is -0.487 e. The van der Waals surface area contributed by atoms with Crippen molar-refractivity contribution in [2.45, 2.75) is 26.9 Å². The Morgan fingerprint density at radius 1 is 1.00 bits per heavy atom. The van der Waals surface area contributed by atoms with Gasteiger partial charge in [0.05, 0.1) is 0 Å². The maximum Gasteiger partial charge on any atom is 0.273 e. The van der Waals surface area contributed by atoms with E-state index in [1.807, 2.05) is 37.3 Å². The summed E-state index contributed by atoms with van der Waals surface area (Å²) in [5.74, 6) is 2.00. The molecule has 0 aliphatic heterocycles. The molecular weight excluding hydrogens is 416 g/mol. The Labute approximate surface area is 193 Å². The zero-order valence-corrected chi connectivity index (χ0v) is 19.2. The number of amides is 1. The van der Waals surface area contributed by atoms with Crippen molar-refractivity contribution in [3.05, 3.63) is 94.8 Å². The molecule has 0 aliphatic rings. The van der Waals surface area contributed by atoms with E-state index in [2.05, 4.69) is 35.3 Å². The van der Waals surface area contributed by atoms with E-state index >= 15 is 0 Å². The highest BCUT2D eigenvalue weighted by Crippen LogP contribution is 2.26. The van der Waals surface area contributed by atoms with Gasteiger partial charge in [-0.25, -0.2) is 4.98 Å². The van der Waals surface area contributed by atoms with Gasteiger partial charge in [0.2, 0.25) is 0 Å². The summed E-state index contributed by atoms with van der Waals surface area (Å²) in [6, 6.07) is 19.4. The maximum absolute atomic E-state index is 11.9. The van der Waals surface area contributed by atoms with Crippen LogP contribution in [0.4, 0.5) is 0 Å². The molecule has 0 spiro atoms. The van der Waals surface area contributed by atoms with Crippen molar-refractivity contribution in [3.63, 3.8) is 0 Å². The minimum absolute atomic E-state index is 0.184. The molecule has 33 heavy (non-hydrogen) atoms. The van der Waals surface area contributed by atoms with Crippen molar-refractivity contribution in [2.75, 3.05) is 14.1 Å². The van der Waals surface area contributed by atoms with E-state index in [1.165, 1.54) is 16.0 Å². The van der Waals surface area contributed by atoms with E-state index in [0.717, 1.165) is 17.0 Å². The summed E-state index contributed by atoms with van der Waals surface area (Å²) < 4.78 is 11.7. The average Bonchev–Trinajstić information content (AvgIpc) is 3.17. The summed E-state index contributed by atoms with van der Waals surface area (Å²) in [7, 11) is 3.35. The van der Waals surface area contributed by atoms with E-state index in [4.69, 9.17) is 14.1 Å². The largest absolute Gasteiger partial charge is 0.487 e. The van der Waals surface area contributed by atoms with Crippen LogP contribution in [0.25, 0.3) is 11.3 Å². The Balaban J connectivity index is 1.39. The summed E-state index contributed by atoms with van der Waals surface area (Å²) in [5.41, 5.74) is 5.13. The van der Waals surface area contributed by atoms with Gasteiger partial charge in [-0.15, -0.1) is 5.10 Å². The number of aromatic nitrogens is 3. The molecule has 7 nitrogen and oxygen atoms in total. The predicted molar refractivity (Wildman–Crippen MR) is 125 cm³/mol. The molecule has 4 aromatic rings. The fourth-order valence-corrected chi connectivity index (χ4v) is 3.44. The molecule has 168 valence electrons. The Hall–Kier alpha value is -4.00. The van der Waals surface area contributed by atoms with Crippen LogP contribution in [0, 0.1) is 13.8 Å². The fraction of sp³-hybridized carbons (Fsp3) is 0.231. The lowest BCUT2D eigenvalue weighted by atomic mass is 10.1. The Morgan fingerprint density at radius 3 is 2.45 bits per heavy atom. The number of nitrogens with zero attached hydrogens (tertiary/aromatic N) is 4. The first-order valence-electron chi connectivity index (χ1n) is 10.7. The smallest absolute Gasteiger partial charge is 0.273 e. The van der Waals surface area contributed by atoms with Crippen LogP contribution in [-0.4, -0.2) is 40.1 Å². The van der Waals surface area contributed by atoms with E-state index in [9.17, 15) is 4.79 Å². The van der Waals surface area contributed by atoms with Crippen LogP contribution < -0.4 is 4.74 Å². The number of rotatable bonds is 7. The first-order chi connectivity index (χ1) is 15.9. The number of carbonyl (C=O) groups is 1. The van der Waals surface area contributed by atoms with Gasteiger partial charge in [-0.1, -0.05) is 29.8 Å². The van der Waals surface area contributed by atoms with Gasteiger partial charge in [0, 0.05) is 26.1 Å². The van der Waals surface area contributed by atoms with Crippen LogP contribution in [0.15, 0.2) is 65.1 Å². The highest BCUT2D eigenvalue weighted by Gasteiger charge is 2.13. The third-order valence-corrected chi connectivity index (χ3v) is 5.14. The molecule has 1 amide bonds. The summed E-state index contributed by atoms with van der Waals surface area (Å²) in [6.45, 7) is 4.26. The fourth-order valence-electron chi connectivity index (χ4n) is 3.44. The molecule has 0 radical (unpaired) electrons. The molecule has 0 aliphatic carbocycles. The molecule has 0 saturated carbocycles. The average molecular weight is 443 g/mol. The molecule has 0 atom stereocenters. The number of carbonyl (C=O) groups excluding carboxylic acids is 1. The predicted octanol–water partition coefficient (Wildman–Crippen LogP) is 4.62. The van der Waals surface area contributed by atoms with E-state index < -0.39 is 0 Å². The number of hydrogen-bond acceptors (Lipinski definition) is 6. The lowest BCUT2D eigenvalue weighted by Crippen LogP contribution is -2.23. The zero-order chi connectivity index (χ0) is 23.4. The normalized spacial score (nSPS) is 10.8. The maximum atomic E-state index is 11.9. The number of aryl methyl sites for hydroxylation is 2. The summed E-state index contributed by atoms with van der Waals surface area (Å²) >= 11 is 0. The second-order valence-electron chi connectivity index (χ2n) is 8.10. The molecule has 7 heteroatoms. The number of benzene rings is 2. The first kappa shape index (κ1) is 22.2. The molecule has 0 saturated heterocycles. The standard InChI is InChI=1S/C26H26N4O3/c1-17-6-5-7-19(14-17)15-24-27-25(18(2)33-24)20-8-11-22(12-9-20)32-16-21-10-13-23(29-28-21)26(31)30(3)4/h5-14H,15-16H2,1-4H3. The van der Waals surface area contributed by atoms with Gasteiger partial charge in [-0.05, 0) is 55.8 Å². The van der Waals surface area contributed by atoms with Crippen LogP contribution in [-0.2, 0) is 13.0 Å². The Kier molecular flexibility index (Phi) is 6.49. The molecule has 0 N–H and O–H groups in total. The molecule has 4 rings (SSSR count). The topological polar surface area (TPSA) is 81.4 Å². The molecule has 2 aromatic heterocycles.